The van der Waals surface area contributed by atoms with Crippen LogP contribution in [-0.4, -0.2) is 32.3 Å². The van der Waals surface area contributed by atoms with Gasteiger partial charge >= 0.3 is 0 Å². The molecule has 0 aliphatic carbocycles. The van der Waals surface area contributed by atoms with Crippen molar-refractivity contribution >= 4 is 16.8 Å². The fourth-order valence-corrected chi connectivity index (χ4v) is 2.90. The monoisotopic (exact) mass is 326 g/mol. The molecule has 1 atom stereocenters. The number of benzene rings is 1. The van der Waals surface area contributed by atoms with Crippen LogP contribution in [-0.2, 0) is 23.9 Å². The third-order valence-electron chi connectivity index (χ3n) is 4.30. The summed E-state index contributed by atoms with van der Waals surface area (Å²) in [6.07, 6.45) is 5.49. The van der Waals surface area contributed by atoms with Crippen molar-refractivity contribution in [3.63, 3.8) is 0 Å². The van der Waals surface area contributed by atoms with Gasteiger partial charge in [-0.25, -0.2) is 0 Å². The van der Waals surface area contributed by atoms with Crippen LogP contribution in [0.2, 0.25) is 0 Å². The number of nitrogens with zero attached hydrogens (tertiary/aromatic N) is 2. The first kappa shape index (κ1) is 16.3. The van der Waals surface area contributed by atoms with Gasteiger partial charge in [-0.05, 0) is 31.0 Å². The summed E-state index contributed by atoms with van der Waals surface area (Å²) < 4.78 is 1.63. The minimum Gasteiger partial charge on any atom is -0.383 e. The lowest BCUT2D eigenvalue weighted by atomic mass is 9.99. The lowest BCUT2D eigenvalue weighted by Gasteiger charge is -2.22. The van der Waals surface area contributed by atoms with Gasteiger partial charge in [-0.1, -0.05) is 12.1 Å². The molecule has 24 heavy (non-hydrogen) atoms. The Morgan fingerprint density at radius 1 is 1.46 bits per heavy atom. The van der Waals surface area contributed by atoms with Gasteiger partial charge in [-0.2, -0.15) is 5.10 Å². The van der Waals surface area contributed by atoms with Gasteiger partial charge in [0.25, 0.3) is 0 Å². The van der Waals surface area contributed by atoms with Crippen molar-refractivity contribution in [1.82, 2.24) is 20.1 Å². The molecule has 0 aliphatic rings. The van der Waals surface area contributed by atoms with E-state index in [2.05, 4.69) is 15.4 Å². The van der Waals surface area contributed by atoms with Crippen LogP contribution in [0.3, 0.4) is 0 Å². The summed E-state index contributed by atoms with van der Waals surface area (Å²) in [5, 5.41) is 18.5. The third-order valence-corrected chi connectivity index (χ3v) is 4.30. The normalized spacial score (nSPS) is 13.8. The first-order chi connectivity index (χ1) is 11.4. The van der Waals surface area contributed by atoms with Crippen molar-refractivity contribution in [3.05, 3.63) is 53.5 Å². The summed E-state index contributed by atoms with van der Waals surface area (Å²) in [4.78, 5) is 15.5. The Balaban J connectivity index is 1.67. The van der Waals surface area contributed by atoms with E-state index in [-0.39, 0.29) is 18.9 Å². The van der Waals surface area contributed by atoms with Gasteiger partial charge in [0, 0.05) is 35.9 Å². The number of rotatable bonds is 5. The molecule has 0 radical (unpaired) electrons. The molecule has 3 rings (SSSR count). The molecule has 0 fully saturated rings. The van der Waals surface area contributed by atoms with E-state index in [4.69, 9.17) is 0 Å². The summed E-state index contributed by atoms with van der Waals surface area (Å²) in [5.41, 5.74) is 2.65. The molecular weight excluding hydrogens is 304 g/mol. The number of aryl methyl sites for hydroxylation is 2. The summed E-state index contributed by atoms with van der Waals surface area (Å²) in [5.74, 6) is -0.122. The Bertz CT molecular complexity index is 876. The van der Waals surface area contributed by atoms with Crippen molar-refractivity contribution in [2.75, 3.05) is 6.54 Å². The maximum absolute atomic E-state index is 12.3. The maximum atomic E-state index is 12.3. The van der Waals surface area contributed by atoms with E-state index in [1.54, 1.807) is 31.0 Å². The van der Waals surface area contributed by atoms with Crippen LogP contribution in [0.1, 0.15) is 23.6 Å². The van der Waals surface area contributed by atoms with Crippen LogP contribution < -0.4 is 5.32 Å². The Morgan fingerprint density at radius 3 is 2.96 bits per heavy atom. The quantitative estimate of drug-likeness (QED) is 0.668. The average molecular weight is 326 g/mol. The predicted octanol–water partition coefficient (Wildman–Crippen LogP) is 1.78. The molecule has 0 spiro atoms. The molecule has 0 saturated carbocycles. The lowest BCUT2D eigenvalue weighted by Crippen LogP contribution is -2.39. The highest BCUT2D eigenvalue weighted by Crippen LogP contribution is 2.23. The van der Waals surface area contributed by atoms with Crippen LogP contribution in [0.15, 0.2) is 36.8 Å². The average Bonchev–Trinajstić information content (AvgIpc) is 3.13. The van der Waals surface area contributed by atoms with Gasteiger partial charge in [-0.15, -0.1) is 0 Å². The molecule has 6 nitrogen and oxygen atoms in total. The van der Waals surface area contributed by atoms with Crippen molar-refractivity contribution in [3.8, 4) is 0 Å². The molecule has 2 heterocycles. The zero-order valence-electron chi connectivity index (χ0n) is 14.1. The first-order valence-corrected chi connectivity index (χ1v) is 7.90. The molecule has 1 amide bonds. The molecule has 3 aromatic rings. The molecule has 2 aromatic heterocycles. The van der Waals surface area contributed by atoms with E-state index in [9.17, 15) is 9.90 Å². The molecule has 1 aromatic carbocycles. The minimum atomic E-state index is -1.15. The van der Waals surface area contributed by atoms with Crippen LogP contribution >= 0.6 is 0 Å². The summed E-state index contributed by atoms with van der Waals surface area (Å²) >= 11 is 0. The number of amides is 1. The number of H-pyrrole nitrogens is 1. The van der Waals surface area contributed by atoms with E-state index in [0.29, 0.717) is 5.56 Å². The van der Waals surface area contributed by atoms with Gasteiger partial charge in [-0.3, -0.25) is 9.48 Å². The van der Waals surface area contributed by atoms with E-state index in [1.165, 1.54) is 0 Å². The van der Waals surface area contributed by atoms with Gasteiger partial charge < -0.3 is 15.4 Å². The fourth-order valence-electron chi connectivity index (χ4n) is 2.90. The van der Waals surface area contributed by atoms with E-state index < -0.39 is 5.60 Å². The molecule has 0 aliphatic heterocycles. The van der Waals surface area contributed by atoms with Crippen LogP contribution in [0.25, 0.3) is 10.9 Å². The summed E-state index contributed by atoms with van der Waals surface area (Å²) in [7, 11) is 1.79. The Kier molecular flexibility index (Phi) is 4.15. The molecule has 0 saturated heterocycles. The number of hydrogen-bond acceptors (Lipinski definition) is 3. The van der Waals surface area contributed by atoms with E-state index in [1.807, 2.05) is 31.3 Å². The second kappa shape index (κ2) is 6.13. The summed E-state index contributed by atoms with van der Waals surface area (Å²) in [6, 6.07) is 6.02. The number of aromatic amines is 1. The molecule has 0 bridgehead atoms. The van der Waals surface area contributed by atoms with Crippen LogP contribution in [0, 0.1) is 6.92 Å². The maximum Gasteiger partial charge on any atom is 0.224 e. The zero-order chi connectivity index (χ0) is 17.3. The smallest absolute Gasteiger partial charge is 0.224 e. The molecule has 126 valence electrons. The van der Waals surface area contributed by atoms with Gasteiger partial charge in [0.2, 0.25) is 5.91 Å². The number of aliphatic hydroxyl groups is 1. The van der Waals surface area contributed by atoms with Gasteiger partial charge in [0.1, 0.15) is 5.60 Å². The van der Waals surface area contributed by atoms with Gasteiger partial charge in [0.05, 0.1) is 19.2 Å². The minimum absolute atomic E-state index is 0.122. The highest BCUT2D eigenvalue weighted by Gasteiger charge is 2.25. The SMILES string of the molecule is Cc1cccc2[nH]cc(CC(=O)NCC(C)(O)c3cnn(C)c3)c12. The Morgan fingerprint density at radius 2 is 2.25 bits per heavy atom. The third kappa shape index (κ3) is 3.19. The standard InChI is InChI=1S/C18H22N4O2/c1-12-5-4-6-15-17(12)13(8-19-15)7-16(23)20-11-18(2,24)14-9-21-22(3)10-14/h4-6,8-10,19,24H,7,11H2,1-3H3,(H,20,23). The second-order valence-corrected chi connectivity index (χ2v) is 6.44. The fraction of sp³-hybridized carbons (Fsp3) is 0.333. The highest BCUT2D eigenvalue weighted by molar-refractivity contribution is 5.91. The number of carbonyl (C=O) groups excluding carboxylic acids is 1. The lowest BCUT2D eigenvalue weighted by molar-refractivity contribution is -0.121. The first-order valence-electron chi connectivity index (χ1n) is 7.90. The number of aromatic nitrogens is 3. The van der Waals surface area contributed by atoms with E-state index in [0.717, 1.165) is 22.0 Å². The van der Waals surface area contributed by atoms with E-state index >= 15 is 0 Å². The molecule has 1 unspecified atom stereocenters. The number of fused-ring (bicyclic) bond motifs is 1. The number of nitrogens with one attached hydrogen (secondary N) is 2. The van der Waals surface area contributed by atoms with Crippen molar-refractivity contribution < 1.29 is 9.90 Å². The number of hydrogen-bond donors (Lipinski definition) is 3. The molecule has 3 N–H and O–H groups in total. The highest BCUT2D eigenvalue weighted by atomic mass is 16.3. The topological polar surface area (TPSA) is 82.9 Å². The zero-order valence-corrected chi connectivity index (χ0v) is 14.1. The summed E-state index contributed by atoms with van der Waals surface area (Å²) in [6.45, 7) is 3.84. The molecular formula is C18H22N4O2. The Hall–Kier alpha value is -2.60. The van der Waals surface area contributed by atoms with Crippen LogP contribution in [0.5, 0.6) is 0 Å². The second-order valence-electron chi connectivity index (χ2n) is 6.44. The van der Waals surface area contributed by atoms with Crippen molar-refractivity contribution in [2.24, 2.45) is 7.05 Å². The largest absolute Gasteiger partial charge is 0.383 e. The van der Waals surface area contributed by atoms with Crippen molar-refractivity contribution in [1.29, 1.82) is 0 Å². The van der Waals surface area contributed by atoms with Crippen molar-refractivity contribution in [2.45, 2.75) is 25.9 Å². The Labute approximate surface area is 140 Å². The number of carbonyl (C=O) groups is 1. The van der Waals surface area contributed by atoms with Gasteiger partial charge in [0.15, 0.2) is 0 Å². The predicted molar refractivity (Wildman–Crippen MR) is 92.5 cm³/mol. The van der Waals surface area contributed by atoms with Crippen LogP contribution in [0.4, 0.5) is 0 Å². The molecule has 6 heteroatoms.